The smallest absolute Gasteiger partial charge is 0.244 e. The Morgan fingerprint density at radius 2 is 1.94 bits per heavy atom. The minimum atomic E-state index is -0.390. The predicted molar refractivity (Wildman–Crippen MR) is 130 cm³/mol. The Morgan fingerprint density at radius 1 is 1.18 bits per heavy atom. The van der Waals surface area contributed by atoms with E-state index in [2.05, 4.69) is 10.3 Å². The number of carbonyl (C=O) groups excluding carboxylic acids is 2. The van der Waals surface area contributed by atoms with Gasteiger partial charge in [0.2, 0.25) is 11.8 Å². The van der Waals surface area contributed by atoms with Crippen molar-refractivity contribution >= 4 is 46.3 Å². The topological polar surface area (TPSA) is 83.9 Å². The number of fused-ring (bicyclic) bond motifs is 1. The molecule has 2 aromatic carbocycles. The molecule has 0 unspecified atom stereocenters. The third-order valence-electron chi connectivity index (χ3n) is 5.34. The zero-order valence-corrected chi connectivity index (χ0v) is 19.3. The Morgan fingerprint density at radius 3 is 2.67 bits per heavy atom. The fraction of sp³-hybridized carbons (Fsp3) is 0.200. The molecule has 1 aliphatic rings. The van der Waals surface area contributed by atoms with Crippen LogP contribution in [0.25, 0.3) is 0 Å². The van der Waals surface area contributed by atoms with Crippen molar-refractivity contribution in [2.45, 2.75) is 20.3 Å². The van der Waals surface area contributed by atoms with E-state index in [1.54, 1.807) is 30.5 Å². The summed E-state index contributed by atoms with van der Waals surface area (Å²) < 4.78 is 5.33. The van der Waals surface area contributed by atoms with Gasteiger partial charge in [-0.25, -0.2) is 9.98 Å². The molecule has 2 heterocycles. The van der Waals surface area contributed by atoms with Crippen LogP contribution in [0, 0.1) is 13.8 Å². The van der Waals surface area contributed by atoms with Crippen LogP contribution in [0.2, 0.25) is 5.02 Å². The van der Waals surface area contributed by atoms with Crippen LogP contribution in [0.3, 0.4) is 0 Å². The third-order valence-corrected chi connectivity index (χ3v) is 5.75. The quantitative estimate of drug-likeness (QED) is 0.587. The van der Waals surface area contributed by atoms with Gasteiger partial charge in [-0.3, -0.25) is 14.5 Å². The number of hydrogen-bond donors (Lipinski definition) is 1. The van der Waals surface area contributed by atoms with Gasteiger partial charge in [0.15, 0.2) is 5.82 Å². The average Bonchev–Trinajstić information content (AvgIpc) is 2.93. The van der Waals surface area contributed by atoms with E-state index in [4.69, 9.17) is 21.3 Å². The summed E-state index contributed by atoms with van der Waals surface area (Å²) in [4.78, 5) is 36.6. The highest BCUT2D eigenvalue weighted by Crippen LogP contribution is 2.33. The fourth-order valence-corrected chi connectivity index (χ4v) is 3.72. The van der Waals surface area contributed by atoms with Crippen molar-refractivity contribution in [2.24, 2.45) is 4.99 Å². The second-order valence-corrected chi connectivity index (χ2v) is 8.18. The Hall–Kier alpha value is -3.71. The summed E-state index contributed by atoms with van der Waals surface area (Å²) in [6.07, 6.45) is 1.63. The van der Waals surface area contributed by atoms with Crippen molar-refractivity contribution in [3.8, 4) is 5.75 Å². The highest BCUT2D eigenvalue weighted by atomic mass is 35.5. The van der Waals surface area contributed by atoms with Crippen LogP contribution in [-0.2, 0) is 9.59 Å². The number of aliphatic imine (C=N–C) groups is 1. The van der Waals surface area contributed by atoms with Crippen LogP contribution in [0.5, 0.6) is 5.75 Å². The van der Waals surface area contributed by atoms with E-state index < -0.39 is 5.91 Å². The van der Waals surface area contributed by atoms with Gasteiger partial charge in [-0.1, -0.05) is 41.4 Å². The molecule has 4 rings (SSSR count). The van der Waals surface area contributed by atoms with Crippen molar-refractivity contribution in [3.63, 3.8) is 0 Å². The minimum absolute atomic E-state index is 0.0517. The van der Waals surface area contributed by atoms with Crippen LogP contribution < -0.4 is 15.0 Å². The first-order chi connectivity index (χ1) is 15.9. The first-order valence-corrected chi connectivity index (χ1v) is 10.8. The maximum absolute atomic E-state index is 13.2. The normalized spacial score (nSPS) is 13.2. The van der Waals surface area contributed by atoms with E-state index >= 15 is 0 Å². The summed E-state index contributed by atoms with van der Waals surface area (Å²) in [5.74, 6) is 0.128. The highest BCUT2D eigenvalue weighted by molar-refractivity contribution is 6.31. The Labute approximate surface area is 197 Å². The maximum Gasteiger partial charge on any atom is 0.244 e. The first-order valence-electron chi connectivity index (χ1n) is 10.4. The molecule has 1 aliphatic heterocycles. The summed E-state index contributed by atoms with van der Waals surface area (Å²) in [7, 11) is 1.50. The molecule has 33 heavy (non-hydrogen) atoms. The summed E-state index contributed by atoms with van der Waals surface area (Å²) in [5.41, 5.74) is 4.41. The number of methoxy groups -OCH3 is 1. The lowest BCUT2D eigenvalue weighted by atomic mass is 10.1. The number of ether oxygens (including phenoxy) is 1. The van der Waals surface area contributed by atoms with Gasteiger partial charge in [0.1, 0.15) is 18.0 Å². The number of halogens is 1. The molecule has 0 bridgehead atoms. The number of aromatic nitrogens is 1. The summed E-state index contributed by atoms with van der Waals surface area (Å²) in [6, 6.07) is 14.7. The van der Waals surface area contributed by atoms with Gasteiger partial charge >= 0.3 is 0 Å². The highest BCUT2D eigenvalue weighted by Gasteiger charge is 2.28. The predicted octanol–water partition coefficient (Wildman–Crippen LogP) is 4.86. The number of benzene rings is 2. The number of nitrogens with one attached hydrogen (secondary N) is 1. The number of amides is 2. The van der Waals surface area contributed by atoms with Crippen molar-refractivity contribution in [2.75, 3.05) is 23.9 Å². The molecule has 0 fully saturated rings. The lowest BCUT2D eigenvalue weighted by molar-refractivity contribution is -0.120. The zero-order chi connectivity index (χ0) is 23.5. The second-order valence-electron chi connectivity index (χ2n) is 7.78. The molecule has 3 aromatic rings. The molecule has 0 saturated heterocycles. The molecule has 2 amide bonds. The summed E-state index contributed by atoms with van der Waals surface area (Å²) >= 11 is 6.16. The molecule has 0 spiro atoms. The van der Waals surface area contributed by atoms with E-state index in [1.807, 2.05) is 38.1 Å². The molecular weight excluding hydrogens is 440 g/mol. The molecule has 168 valence electrons. The molecule has 0 saturated carbocycles. The lowest BCUT2D eigenvalue weighted by Gasteiger charge is -2.21. The van der Waals surface area contributed by atoms with Crippen LogP contribution in [-0.4, -0.2) is 36.2 Å². The van der Waals surface area contributed by atoms with Crippen LogP contribution in [0.4, 0.5) is 17.2 Å². The van der Waals surface area contributed by atoms with Gasteiger partial charge in [-0.15, -0.1) is 0 Å². The zero-order valence-electron chi connectivity index (χ0n) is 18.6. The van der Waals surface area contributed by atoms with Gasteiger partial charge in [-0.2, -0.15) is 0 Å². The maximum atomic E-state index is 13.2. The van der Waals surface area contributed by atoms with Crippen molar-refractivity contribution in [1.82, 2.24) is 4.98 Å². The number of carbonyl (C=O) groups is 2. The molecule has 8 heteroatoms. The largest absolute Gasteiger partial charge is 0.495 e. The van der Waals surface area contributed by atoms with Gasteiger partial charge in [0, 0.05) is 17.3 Å². The number of aryl methyl sites for hydroxylation is 2. The van der Waals surface area contributed by atoms with Crippen molar-refractivity contribution in [3.05, 3.63) is 76.4 Å². The molecule has 7 nitrogen and oxygen atoms in total. The van der Waals surface area contributed by atoms with Crippen molar-refractivity contribution < 1.29 is 14.3 Å². The minimum Gasteiger partial charge on any atom is -0.495 e. The first kappa shape index (κ1) is 22.5. The molecule has 0 atom stereocenters. The average molecular weight is 463 g/mol. The van der Waals surface area contributed by atoms with Crippen molar-refractivity contribution in [1.29, 1.82) is 0 Å². The number of rotatable bonds is 5. The SMILES string of the molecule is COc1cc(Cl)c(C)cc1NC(=O)CN1C(=O)CC(c2ccc(C)cc2)=Nc2cccnc21. The van der Waals surface area contributed by atoms with Crippen LogP contribution in [0.1, 0.15) is 23.1 Å². The third kappa shape index (κ3) is 4.88. The fourth-order valence-electron chi connectivity index (χ4n) is 3.56. The second kappa shape index (κ2) is 9.42. The monoisotopic (exact) mass is 462 g/mol. The Bertz CT molecular complexity index is 1260. The number of nitrogens with zero attached hydrogens (tertiary/aromatic N) is 3. The molecule has 0 radical (unpaired) electrons. The molecule has 1 aromatic heterocycles. The van der Waals surface area contributed by atoms with E-state index in [-0.39, 0.29) is 18.9 Å². The lowest BCUT2D eigenvalue weighted by Crippen LogP contribution is -2.39. The number of hydrogen-bond acceptors (Lipinski definition) is 5. The summed E-state index contributed by atoms with van der Waals surface area (Å²) in [5, 5.41) is 3.35. The van der Waals surface area contributed by atoms with E-state index in [0.29, 0.717) is 33.7 Å². The standard InChI is InChI=1S/C25H23ClN4O3/c1-15-6-8-17(9-7-15)20-13-24(32)30(25-19(28-20)5-4-10-27-25)14-23(31)29-21-11-16(2)18(26)12-22(21)33-3/h4-12H,13-14H2,1-3H3,(H,29,31). The van der Waals surface area contributed by atoms with E-state index in [0.717, 1.165) is 16.7 Å². The van der Waals surface area contributed by atoms with Crippen LogP contribution >= 0.6 is 11.6 Å². The Kier molecular flexibility index (Phi) is 6.42. The molecule has 0 aliphatic carbocycles. The molecule has 1 N–H and O–H groups in total. The van der Waals surface area contributed by atoms with E-state index in [9.17, 15) is 9.59 Å². The molecular formula is C25H23ClN4O3. The summed E-state index contributed by atoms with van der Waals surface area (Å²) in [6.45, 7) is 3.62. The van der Waals surface area contributed by atoms with Gasteiger partial charge in [-0.05, 0) is 43.2 Å². The van der Waals surface area contributed by atoms with E-state index in [1.165, 1.54) is 12.0 Å². The van der Waals surface area contributed by atoms with Gasteiger partial charge < -0.3 is 10.1 Å². The number of anilines is 2. The number of pyridine rings is 1. The van der Waals surface area contributed by atoms with Gasteiger partial charge in [0.05, 0.1) is 24.9 Å². The Balaban J connectivity index is 1.61. The van der Waals surface area contributed by atoms with Gasteiger partial charge in [0.25, 0.3) is 0 Å². The van der Waals surface area contributed by atoms with Crippen LogP contribution in [0.15, 0.2) is 59.7 Å².